The molecule has 0 spiro atoms. The number of aromatic nitrogens is 2. The SMILES string of the molecule is CC1/C=C\C(O)=C/C/C(C[C@H](NC(=O)c2ccc3c(c2)nc(-c2ccoc2)n3C2CCCCC2)C(=O)NCCC2CCCCN2C)=C\N1. The van der Waals surface area contributed by atoms with Crippen LogP contribution < -0.4 is 16.0 Å². The number of nitrogens with zero attached hydrogens (tertiary/aromatic N) is 3. The molecule has 2 aliphatic heterocycles. The Bertz CT molecular complexity index is 1650. The fourth-order valence-electron chi connectivity index (χ4n) is 7.30. The first-order valence-corrected chi connectivity index (χ1v) is 17.7. The van der Waals surface area contributed by atoms with Crippen LogP contribution in [0.25, 0.3) is 22.4 Å². The molecule has 3 aliphatic rings. The number of carbonyl (C=O) groups excluding carboxylic acids is 2. The van der Waals surface area contributed by atoms with E-state index in [0.717, 1.165) is 60.2 Å². The van der Waals surface area contributed by atoms with E-state index in [-0.39, 0.29) is 23.6 Å². The van der Waals surface area contributed by atoms with E-state index in [2.05, 4.69) is 32.5 Å². The summed E-state index contributed by atoms with van der Waals surface area (Å²) in [7, 11) is 2.15. The molecule has 1 aromatic carbocycles. The van der Waals surface area contributed by atoms with Crippen molar-refractivity contribution in [2.24, 2.45) is 0 Å². The monoisotopic (exact) mass is 654 g/mol. The lowest BCUT2D eigenvalue weighted by Gasteiger charge is -2.32. The molecule has 48 heavy (non-hydrogen) atoms. The van der Waals surface area contributed by atoms with Gasteiger partial charge in [0.15, 0.2) is 0 Å². The second kappa shape index (κ2) is 15.7. The highest BCUT2D eigenvalue weighted by atomic mass is 16.3. The van der Waals surface area contributed by atoms with Crippen LogP contribution in [0.4, 0.5) is 0 Å². The summed E-state index contributed by atoms with van der Waals surface area (Å²) in [4.78, 5) is 35.0. The number of rotatable bonds is 10. The summed E-state index contributed by atoms with van der Waals surface area (Å²) in [6.07, 6.45) is 21.5. The van der Waals surface area contributed by atoms with Gasteiger partial charge in [-0.05, 0) is 114 Å². The molecule has 0 bridgehead atoms. The number of amides is 2. The third-order valence-corrected chi connectivity index (χ3v) is 10.1. The molecule has 10 heteroatoms. The highest BCUT2D eigenvalue weighted by Gasteiger charge is 2.27. The third kappa shape index (κ3) is 8.21. The predicted molar refractivity (Wildman–Crippen MR) is 188 cm³/mol. The maximum absolute atomic E-state index is 13.9. The average Bonchev–Trinajstić information content (AvgIpc) is 3.78. The van der Waals surface area contributed by atoms with E-state index in [1.54, 1.807) is 24.7 Å². The minimum Gasteiger partial charge on any atom is -0.508 e. The van der Waals surface area contributed by atoms with Crippen molar-refractivity contribution in [2.45, 2.75) is 102 Å². The minimum absolute atomic E-state index is 0.00455. The van der Waals surface area contributed by atoms with Crippen molar-refractivity contribution in [2.75, 3.05) is 20.1 Å². The molecular formula is C38H50N6O4. The quantitative estimate of drug-likeness (QED) is 0.196. The highest BCUT2D eigenvalue weighted by Crippen LogP contribution is 2.36. The van der Waals surface area contributed by atoms with E-state index >= 15 is 0 Å². The van der Waals surface area contributed by atoms with Crippen molar-refractivity contribution in [3.05, 3.63) is 78.1 Å². The Morgan fingerprint density at radius 2 is 1.96 bits per heavy atom. The summed E-state index contributed by atoms with van der Waals surface area (Å²) in [5, 5.41) is 19.8. The average molecular weight is 655 g/mol. The number of furan rings is 1. The van der Waals surface area contributed by atoms with Crippen LogP contribution in [0.2, 0.25) is 0 Å². The molecule has 1 aliphatic carbocycles. The van der Waals surface area contributed by atoms with Gasteiger partial charge >= 0.3 is 0 Å². The van der Waals surface area contributed by atoms with Gasteiger partial charge in [-0.15, -0.1) is 0 Å². The van der Waals surface area contributed by atoms with Gasteiger partial charge in [-0.25, -0.2) is 4.98 Å². The van der Waals surface area contributed by atoms with Gasteiger partial charge in [-0.2, -0.15) is 0 Å². The summed E-state index contributed by atoms with van der Waals surface area (Å²) < 4.78 is 7.73. The maximum Gasteiger partial charge on any atom is 0.252 e. The number of hydrogen-bond donors (Lipinski definition) is 4. The number of carbonyl (C=O) groups is 2. The smallest absolute Gasteiger partial charge is 0.252 e. The van der Waals surface area contributed by atoms with E-state index in [1.165, 1.54) is 32.1 Å². The van der Waals surface area contributed by atoms with E-state index in [9.17, 15) is 14.7 Å². The zero-order valence-electron chi connectivity index (χ0n) is 28.3. The molecule has 4 N–H and O–H groups in total. The normalized spacial score (nSPS) is 24.5. The van der Waals surface area contributed by atoms with Gasteiger partial charge in [0.1, 0.15) is 23.9 Å². The summed E-state index contributed by atoms with van der Waals surface area (Å²) in [5.74, 6) is 0.482. The Morgan fingerprint density at radius 3 is 2.75 bits per heavy atom. The Balaban J connectivity index is 1.23. The number of aliphatic hydroxyl groups is 1. The molecule has 2 aromatic heterocycles. The number of benzene rings is 1. The number of imidazole rings is 1. The number of aliphatic hydroxyl groups excluding tert-OH is 1. The molecule has 256 valence electrons. The first-order valence-electron chi connectivity index (χ1n) is 17.7. The molecule has 6 rings (SSSR count). The number of fused-ring (bicyclic) bond motifs is 1. The Kier molecular flexibility index (Phi) is 11.0. The zero-order chi connectivity index (χ0) is 33.5. The van der Waals surface area contributed by atoms with Crippen molar-refractivity contribution in [3.63, 3.8) is 0 Å². The minimum atomic E-state index is -0.800. The molecule has 0 radical (unpaired) electrons. The lowest BCUT2D eigenvalue weighted by atomic mass is 9.95. The summed E-state index contributed by atoms with van der Waals surface area (Å²) in [5.41, 5.74) is 4.00. The first kappa shape index (κ1) is 33.6. The predicted octanol–water partition coefficient (Wildman–Crippen LogP) is 6.54. The van der Waals surface area contributed by atoms with Crippen molar-refractivity contribution >= 4 is 22.8 Å². The van der Waals surface area contributed by atoms with Crippen LogP contribution in [0.1, 0.15) is 94.0 Å². The van der Waals surface area contributed by atoms with Gasteiger partial charge in [-0.3, -0.25) is 9.59 Å². The van der Waals surface area contributed by atoms with Crippen molar-refractivity contribution < 1.29 is 19.1 Å². The van der Waals surface area contributed by atoms with Crippen LogP contribution in [-0.4, -0.2) is 69.6 Å². The molecule has 1 saturated heterocycles. The van der Waals surface area contributed by atoms with E-state index in [1.807, 2.05) is 43.5 Å². The summed E-state index contributed by atoms with van der Waals surface area (Å²) in [6.45, 7) is 3.61. The Morgan fingerprint density at radius 1 is 1.12 bits per heavy atom. The standard InChI is InChI=1S/C38H50N6O4/c1-26-11-14-32(45)15-12-27(24-40-26)22-34(38(47)39-19-17-30-8-6-7-20-43(30)2)42-37(46)28-13-16-35-33(23-28)41-36(29-18-21-48-25-29)44(35)31-9-4-3-5-10-31/h11,13-16,18,21,23-26,30-31,34,40,45H,3-10,12,17,19-20,22H2,1-2H3,(H,39,47)(H,42,46)/b14-11-,27-24+,32-15+/t26?,30?,34-/m0/s1. The maximum atomic E-state index is 13.9. The molecule has 4 heterocycles. The molecule has 2 fully saturated rings. The third-order valence-electron chi connectivity index (χ3n) is 10.1. The van der Waals surface area contributed by atoms with Crippen LogP contribution in [0.5, 0.6) is 0 Å². The van der Waals surface area contributed by atoms with Crippen molar-refractivity contribution in [1.82, 2.24) is 30.4 Å². The largest absolute Gasteiger partial charge is 0.508 e. The molecule has 1 saturated carbocycles. The fourth-order valence-corrected chi connectivity index (χ4v) is 7.30. The lowest BCUT2D eigenvalue weighted by Crippen LogP contribution is -2.48. The number of likely N-dealkylation sites (tertiary alicyclic amines) is 1. The number of piperidine rings is 1. The Hall–Kier alpha value is -4.31. The highest BCUT2D eigenvalue weighted by molar-refractivity contribution is 6.00. The molecule has 3 aromatic rings. The second-order valence-electron chi connectivity index (χ2n) is 13.7. The van der Waals surface area contributed by atoms with Gasteiger partial charge in [0.25, 0.3) is 5.91 Å². The zero-order valence-corrected chi connectivity index (χ0v) is 28.3. The fraction of sp³-hybridized carbons (Fsp3) is 0.500. The summed E-state index contributed by atoms with van der Waals surface area (Å²) in [6, 6.07) is 7.56. The topological polar surface area (TPSA) is 125 Å². The van der Waals surface area contributed by atoms with Crippen LogP contribution in [-0.2, 0) is 4.79 Å². The van der Waals surface area contributed by atoms with Crippen LogP contribution in [0.3, 0.4) is 0 Å². The van der Waals surface area contributed by atoms with E-state index in [4.69, 9.17) is 9.40 Å². The molecule has 3 atom stereocenters. The van der Waals surface area contributed by atoms with Crippen LogP contribution in [0.15, 0.2) is 77.0 Å². The van der Waals surface area contributed by atoms with Crippen molar-refractivity contribution in [3.8, 4) is 11.4 Å². The van der Waals surface area contributed by atoms with Crippen molar-refractivity contribution in [1.29, 1.82) is 0 Å². The number of hydrogen-bond acceptors (Lipinski definition) is 7. The molecule has 2 unspecified atom stereocenters. The lowest BCUT2D eigenvalue weighted by molar-refractivity contribution is -0.123. The van der Waals surface area contributed by atoms with Crippen LogP contribution >= 0.6 is 0 Å². The van der Waals surface area contributed by atoms with Gasteiger partial charge in [0.05, 0.1) is 22.9 Å². The Labute approximate surface area is 283 Å². The van der Waals surface area contributed by atoms with E-state index in [0.29, 0.717) is 37.0 Å². The van der Waals surface area contributed by atoms with Gasteiger partial charge in [0.2, 0.25) is 5.91 Å². The van der Waals surface area contributed by atoms with Gasteiger partial charge in [0, 0.05) is 30.2 Å². The first-order chi connectivity index (χ1) is 23.4. The van der Waals surface area contributed by atoms with Gasteiger partial charge < -0.3 is 34.9 Å². The number of allylic oxidation sites excluding steroid dienone is 2. The molecular weight excluding hydrogens is 604 g/mol. The van der Waals surface area contributed by atoms with Crippen LogP contribution in [0, 0.1) is 0 Å². The second-order valence-corrected chi connectivity index (χ2v) is 13.7. The van der Waals surface area contributed by atoms with E-state index < -0.39 is 6.04 Å². The molecule has 10 nitrogen and oxygen atoms in total. The summed E-state index contributed by atoms with van der Waals surface area (Å²) >= 11 is 0. The molecule has 2 amide bonds. The van der Waals surface area contributed by atoms with Gasteiger partial charge in [-0.1, -0.05) is 31.8 Å². The number of nitrogens with one attached hydrogen (secondary N) is 3.